The van der Waals surface area contributed by atoms with Crippen LogP contribution in [0.25, 0.3) is 0 Å². The lowest BCUT2D eigenvalue weighted by molar-refractivity contribution is 0.535. The summed E-state index contributed by atoms with van der Waals surface area (Å²) >= 11 is 3.30. The number of hydrogen-bond acceptors (Lipinski definition) is 4. The minimum Gasteiger partial charge on any atom is -0.229 e. The molecule has 16 heavy (non-hydrogen) atoms. The molecule has 88 valence electrons. The zero-order chi connectivity index (χ0) is 11.6. The summed E-state index contributed by atoms with van der Waals surface area (Å²) in [5.74, 6) is 0.319. The van der Waals surface area contributed by atoms with Crippen LogP contribution in [0, 0.1) is 0 Å². The zero-order valence-electron chi connectivity index (χ0n) is 8.76. The first-order valence-corrected chi connectivity index (χ1v) is 7.77. The number of rotatable bonds is 2. The van der Waals surface area contributed by atoms with Crippen molar-refractivity contribution in [2.24, 2.45) is 0 Å². The van der Waals surface area contributed by atoms with E-state index in [4.69, 9.17) is 0 Å². The fourth-order valence-corrected chi connectivity index (χ4v) is 4.21. The average molecular weight is 305 g/mol. The summed E-state index contributed by atoms with van der Waals surface area (Å²) < 4.78 is 24.5. The van der Waals surface area contributed by atoms with Gasteiger partial charge in [-0.2, -0.15) is 10.2 Å². The van der Waals surface area contributed by atoms with E-state index in [-0.39, 0.29) is 5.25 Å². The van der Waals surface area contributed by atoms with Crippen molar-refractivity contribution in [3.8, 4) is 0 Å². The molecule has 0 N–H and O–H groups in total. The minimum atomic E-state index is -2.92. The lowest BCUT2D eigenvalue weighted by atomic mass is 10.1. The van der Waals surface area contributed by atoms with Crippen LogP contribution in [0.4, 0.5) is 0 Å². The summed E-state index contributed by atoms with van der Waals surface area (Å²) in [4.78, 5) is 0. The van der Waals surface area contributed by atoms with Crippen LogP contribution in [0.3, 0.4) is 0 Å². The van der Waals surface area contributed by atoms with Gasteiger partial charge < -0.3 is 0 Å². The minimum absolute atomic E-state index is 0.273. The molecule has 1 aromatic rings. The molecule has 6 heteroatoms. The molecule has 1 atom stereocenters. The van der Waals surface area contributed by atoms with E-state index in [1.807, 2.05) is 6.07 Å². The lowest BCUT2D eigenvalue weighted by Gasteiger charge is -2.21. The van der Waals surface area contributed by atoms with Gasteiger partial charge in [0.2, 0.25) is 0 Å². The molecule has 1 saturated heterocycles. The highest BCUT2D eigenvalue weighted by atomic mass is 79.9. The van der Waals surface area contributed by atoms with Crippen molar-refractivity contribution in [1.82, 2.24) is 10.2 Å². The van der Waals surface area contributed by atoms with Gasteiger partial charge in [0, 0.05) is 10.9 Å². The first kappa shape index (κ1) is 12.0. The van der Waals surface area contributed by atoms with Gasteiger partial charge in [-0.05, 0) is 34.8 Å². The Morgan fingerprint density at radius 1 is 1.44 bits per heavy atom. The van der Waals surface area contributed by atoms with Crippen molar-refractivity contribution < 1.29 is 8.42 Å². The third-order valence-corrected chi connectivity index (χ3v) is 5.53. The molecule has 1 aromatic heterocycles. The second kappa shape index (κ2) is 4.79. The summed E-state index contributed by atoms with van der Waals surface area (Å²) in [5.41, 5.74) is 0.741. The monoisotopic (exact) mass is 304 g/mol. The van der Waals surface area contributed by atoms with Crippen molar-refractivity contribution in [1.29, 1.82) is 0 Å². The van der Waals surface area contributed by atoms with Gasteiger partial charge in [-0.3, -0.25) is 0 Å². The largest absolute Gasteiger partial charge is 0.229 e. The molecule has 0 saturated carbocycles. The average Bonchev–Trinajstić information content (AvgIpc) is 2.21. The Kier molecular flexibility index (Phi) is 3.59. The lowest BCUT2D eigenvalue weighted by Crippen LogP contribution is -2.30. The van der Waals surface area contributed by atoms with Gasteiger partial charge in [-0.15, -0.1) is 0 Å². The van der Waals surface area contributed by atoms with Crippen LogP contribution in [-0.2, 0) is 16.3 Å². The molecule has 1 aliphatic rings. The van der Waals surface area contributed by atoms with Crippen LogP contribution in [0.1, 0.15) is 25.0 Å². The SMILES string of the molecule is O=S1(=O)CCCCC1Cc1cc(Br)cnn1. The van der Waals surface area contributed by atoms with E-state index < -0.39 is 9.84 Å². The van der Waals surface area contributed by atoms with Crippen LogP contribution < -0.4 is 0 Å². The standard InChI is InChI=1S/C10H13BrN2O2S/c11-8-5-9(13-12-7-8)6-10-3-1-2-4-16(10,14)15/h5,7,10H,1-4,6H2. The Morgan fingerprint density at radius 2 is 2.25 bits per heavy atom. The molecule has 1 unspecified atom stereocenters. The zero-order valence-corrected chi connectivity index (χ0v) is 11.2. The van der Waals surface area contributed by atoms with E-state index in [9.17, 15) is 8.42 Å². The van der Waals surface area contributed by atoms with Gasteiger partial charge in [0.15, 0.2) is 9.84 Å². The Balaban J connectivity index is 2.15. The first-order chi connectivity index (χ1) is 7.58. The Morgan fingerprint density at radius 3 is 2.94 bits per heavy atom. The van der Waals surface area contributed by atoms with Crippen molar-refractivity contribution >= 4 is 25.8 Å². The smallest absolute Gasteiger partial charge is 0.153 e. The van der Waals surface area contributed by atoms with E-state index in [1.54, 1.807) is 6.20 Å². The molecule has 2 heterocycles. The van der Waals surface area contributed by atoms with Crippen molar-refractivity contribution in [3.05, 3.63) is 22.4 Å². The van der Waals surface area contributed by atoms with Crippen LogP contribution in [0.2, 0.25) is 0 Å². The normalized spacial score (nSPS) is 24.2. The van der Waals surface area contributed by atoms with Gasteiger partial charge in [0.05, 0.1) is 22.9 Å². The van der Waals surface area contributed by atoms with E-state index in [2.05, 4.69) is 26.1 Å². The predicted octanol–water partition coefficient (Wildman–Crippen LogP) is 1.75. The molecule has 1 fully saturated rings. The van der Waals surface area contributed by atoms with Crippen LogP contribution in [-0.4, -0.2) is 29.6 Å². The summed E-state index contributed by atoms with van der Waals surface area (Å²) in [6, 6.07) is 1.83. The number of hydrogen-bond donors (Lipinski definition) is 0. The third kappa shape index (κ3) is 2.79. The van der Waals surface area contributed by atoms with Gasteiger partial charge >= 0.3 is 0 Å². The highest BCUT2D eigenvalue weighted by Crippen LogP contribution is 2.22. The fourth-order valence-electron chi connectivity index (χ4n) is 1.97. The molecule has 0 bridgehead atoms. The molecule has 1 aliphatic heterocycles. The molecular weight excluding hydrogens is 292 g/mol. The van der Waals surface area contributed by atoms with Crippen LogP contribution in [0.15, 0.2) is 16.7 Å². The maximum Gasteiger partial charge on any atom is 0.153 e. The van der Waals surface area contributed by atoms with Crippen LogP contribution in [0.5, 0.6) is 0 Å². The third-order valence-electron chi connectivity index (χ3n) is 2.82. The Labute approximate surface area is 104 Å². The number of sulfone groups is 1. The molecule has 0 radical (unpaired) electrons. The van der Waals surface area contributed by atoms with Crippen molar-refractivity contribution in [3.63, 3.8) is 0 Å². The topological polar surface area (TPSA) is 59.9 Å². The van der Waals surface area contributed by atoms with E-state index >= 15 is 0 Å². The molecule has 0 aromatic carbocycles. The quantitative estimate of drug-likeness (QED) is 0.835. The summed E-state index contributed by atoms with van der Waals surface area (Å²) in [7, 11) is -2.92. The van der Waals surface area contributed by atoms with Gasteiger partial charge in [0.1, 0.15) is 0 Å². The van der Waals surface area contributed by atoms with E-state index in [0.717, 1.165) is 29.4 Å². The molecular formula is C10H13BrN2O2S. The van der Waals surface area contributed by atoms with Gasteiger partial charge in [-0.1, -0.05) is 6.42 Å². The first-order valence-electron chi connectivity index (χ1n) is 5.26. The summed E-state index contributed by atoms with van der Waals surface area (Å²) in [5, 5.41) is 7.49. The van der Waals surface area contributed by atoms with Crippen molar-refractivity contribution in [2.75, 3.05) is 5.75 Å². The second-order valence-corrected chi connectivity index (χ2v) is 7.37. The molecule has 0 aliphatic carbocycles. The van der Waals surface area contributed by atoms with E-state index in [0.29, 0.717) is 12.2 Å². The van der Waals surface area contributed by atoms with Crippen molar-refractivity contribution in [2.45, 2.75) is 30.9 Å². The summed E-state index contributed by atoms with van der Waals surface area (Å²) in [6.45, 7) is 0. The highest BCUT2D eigenvalue weighted by molar-refractivity contribution is 9.10. The Bertz CT molecular complexity index is 475. The molecule has 4 nitrogen and oxygen atoms in total. The van der Waals surface area contributed by atoms with E-state index in [1.165, 1.54) is 0 Å². The molecule has 0 spiro atoms. The van der Waals surface area contributed by atoms with Crippen LogP contribution >= 0.6 is 15.9 Å². The highest BCUT2D eigenvalue weighted by Gasteiger charge is 2.29. The number of halogens is 1. The van der Waals surface area contributed by atoms with Gasteiger partial charge in [-0.25, -0.2) is 8.42 Å². The summed E-state index contributed by atoms with van der Waals surface area (Å²) in [6.07, 6.45) is 4.61. The maximum absolute atomic E-state index is 11.8. The Hall–Kier alpha value is -0.490. The molecule has 2 rings (SSSR count). The van der Waals surface area contributed by atoms with Gasteiger partial charge in [0.25, 0.3) is 0 Å². The fraction of sp³-hybridized carbons (Fsp3) is 0.600. The number of aromatic nitrogens is 2. The molecule has 0 amide bonds. The maximum atomic E-state index is 11.8. The predicted molar refractivity (Wildman–Crippen MR) is 64.9 cm³/mol. The number of nitrogens with zero attached hydrogens (tertiary/aromatic N) is 2. The second-order valence-electron chi connectivity index (χ2n) is 4.05.